The average Bonchev–Trinajstić information content (AvgIpc) is 3.20. The zero-order valence-corrected chi connectivity index (χ0v) is 15.2. The molecular formula is C19H13F3N4S. The lowest BCUT2D eigenvalue weighted by atomic mass is 10.0. The lowest BCUT2D eigenvalue weighted by Crippen LogP contribution is -2.07. The summed E-state index contributed by atoms with van der Waals surface area (Å²) in [7, 11) is 0. The number of thiazole rings is 1. The van der Waals surface area contributed by atoms with Gasteiger partial charge in [-0.3, -0.25) is 0 Å². The minimum Gasteiger partial charge on any atom is -0.340 e. The molecule has 0 amide bonds. The van der Waals surface area contributed by atoms with Crippen LogP contribution in [-0.4, -0.2) is 9.55 Å². The van der Waals surface area contributed by atoms with E-state index in [1.807, 2.05) is 13.0 Å². The van der Waals surface area contributed by atoms with Crippen molar-refractivity contribution in [2.45, 2.75) is 26.6 Å². The fraction of sp³-hybridized carbons (Fsp3) is 0.211. The third-order valence-electron chi connectivity index (χ3n) is 4.33. The van der Waals surface area contributed by atoms with E-state index in [9.17, 15) is 18.4 Å². The molecule has 3 aromatic rings. The van der Waals surface area contributed by atoms with Crippen molar-refractivity contribution < 1.29 is 13.2 Å². The maximum absolute atomic E-state index is 12.8. The highest BCUT2D eigenvalue weighted by atomic mass is 32.1. The van der Waals surface area contributed by atoms with Gasteiger partial charge in [0.2, 0.25) is 0 Å². The van der Waals surface area contributed by atoms with E-state index in [1.54, 1.807) is 35.8 Å². The number of alkyl halides is 3. The van der Waals surface area contributed by atoms with Crippen molar-refractivity contribution in [3.63, 3.8) is 0 Å². The Bertz CT molecular complexity index is 1080. The normalized spacial score (nSPS) is 11.2. The summed E-state index contributed by atoms with van der Waals surface area (Å²) in [5.74, 6) is 0. The van der Waals surface area contributed by atoms with Crippen molar-refractivity contribution >= 4 is 11.3 Å². The van der Waals surface area contributed by atoms with Crippen LogP contribution in [0.5, 0.6) is 0 Å². The summed E-state index contributed by atoms with van der Waals surface area (Å²) in [6.07, 6.45) is -4.47. The number of hydrogen-bond acceptors (Lipinski definition) is 4. The number of rotatable bonds is 3. The van der Waals surface area contributed by atoms with Gasteiger partial charge in [0.25, 0.3) is 0 Å². The molecule has 4 nitrogen and oxygen atoms in total. The molecule has 0 N–H and O–H groups in total. The zero-order chi connectivity index (χ0) is 19.8. The third-order valence-corrected chi connectivity index (χ3v) is 5.17. The molecule has 0 aliphatic carbocycles. The van der Waals surface area contributed by atoms with E-state index < -0.39 is 11.9 Å². The molecule has 0 bridgehead atoms. The van der Waals surface area contributed by atoms with Crippen LogP contribution in [0.25, 0.3) is 11.1 Å². The standard InChI is InChI=1S/C19H13F3N4S/c1-11-15(8-24)18(14-5-3-13(7-23)4-6-14)12(2)26(11)9-17-25-16(10-27-17)19(20,21)22/h3-6,10H,9H2,1-2H3. The molecule has 0 saturated carbocycles. The lowest BCUT2D eigenvalue weighted by Gasteiger charge is -2.08. The maximum Gasteiger partial charge on any atom is 0.434 e. The highest BCUT2D eigenvalue weighted by molar-refractivity contribution is 7.09. The van der Waals surface area contributed by atoms with Gasteiger partial charge in [-0.15, -0.1) is 11.3 Å². The SMILES string of the molecule is Cc1c(C#N)c(-c2ccc(C#N)cc2)c(C)n1Cc1nc(C(F)(F)F)cs1. The molecular weight excluding hydrogens is 373 g/mol. The fourth-order valence-corrected chi connectivity index (χ4v) is 3.76. The Hall–Kier alpha value is -3.10. The predicted molar refractivity (Wildman–Crippen MR) is 95.0 cm³/mol. The number of halogens is 3. The van der Waals surface area contributed by atoms with Gasteiger partial charge in [0, 0.05) is 22.3 Å². The first-order valence-electron chi connectivity index (χ1n) is 7.88. The number of nitrogens with zero attached hydrogens (tertiary/aromatic N) is 4. The highest BCUT2D eigenvalue weighted by Gasteiger charge is 2.33. The van der Waals surface area contributed by atoms with Crippen LogP contribution in [0.3, 0.4) is 0 Å². The Labute approximate surface area is 157 Å². The smallest absolute Gasteiger partial charge is 0.340 e. The molecule has 0 aliphatic rings. The van der Waals surface area contributed by atoms with Gasteiger partial charge >= 0.3 is 6.18 Å². The van der Waals surface area contributed by atoms with Crippen LogP contribution in [0.2, 0.25) is 0 Å². The average molecular weight is 386 g/mol. The summed E-state index contributed by atoms with van der Waals surface area (Å²) < 4.78 is 40.1. The fourth-order valence-electron chi connectivity index (χ4n) is 2.97. The summed E-state index contributed by atoms with van der Waals surface area (Å²) in [5, 5.41) is 19.8. The Kier molecular flexibility index (Phi) is 4.77. The summed E-state index contributed by atoms with van der Waals surface area (Å²) >= 11 is 0.941. The number of nitriles is 2. The first-order chi connectivity index (χ1) is 12.8. The van der Waals surface area contributed by atoms with Crippen LogP contribution in [-0.2, 0) is 12.7 Å². The first-order valence-corrected chi connectivity index (χ1v) is 8.76. The van der Waals surface area contributed by atoms with Gasteiger partial charge in [0.05, 0.1) is 23.7 Å². The molecule has 0 radical (unpaired) electrons. The Morgan fingerprint density at radius 3 is 2.26 bits per heavy atom. The monoisotopic (exact) mass is 386 g/mol. The van der Waals surface area contributed by atoms with Crippen LogP contribution < -0.4 is 0 Å². The first kappa shape index (κ1) is 18.7. The van der Waals surface area contributed by atoms with Crippen LogP contribution >= 0.6 is 11.3 Å². The summed E-state index contributed by atoms with van der Waals surface area (Å²) in [5.41, 5.74) is 2.99. The minimum atomic E-state index is -4.47. The second kappa shape index (κ2) is 6.90. The topological polar surface area (TPSA) is 65.4 Å². The van der Waals surface area contributed by atoms with Crippen LogP contribution in [0, 0.1) is 36.5 Å². The molecule has 0 aliphatic heterocycles. The van der Waals surface area contributed by atoms with Crippen molar-refractivity contribution in [1.82, 2.24) is 9.55 Å². The minimum absolute atomic E-state index is 0.156. The van der Waals surface area contributed by atoms with E-state index in [4.69, 9.17) is 5.26 Å². The molecule has 0 atom stereocenters. The Morgan fingerprint density at radius 2 is 1.74 bits per heavy atom. The molecule has 136 valence electrons. The summed E-state index contributed by atoms with van der Waals surface area (Å²) in [6.45, 7) is 3.74. The van der Waals surface area contributed by atoms with Crippen molar-refractivity contribution in [1.29, 1.82) is 10.5 Å². The zero-order valence-electron chi connectivity index (χ0n) is 14.4. The molecule has 27 heavy (non-hydrogen) atoms. The molecule has 2 aromatic heterocycles. The van der Waals surface area contributed by atoms with Crippen LogP contribution in [0.4, 0.5) is 13.2 Å². The van der Waals surface area contributed by atoms with Crippen molar-refractivity contribution in [3.05, 3.63) is 62.9 Å². The molecule has 2 heterocycles. The largest absolute Gasteiger partial charge is 0.434 e. The quantitative estimate of drug-likeness (QED) is 0.633. The van der Waals surface area contributed by atoms with E-state index >= 15 is 0 Å². The lowest BCUT2D eigenvalue weighted by molar-refractivity contribution is -0.140. The molecule has 3 rings (SSSR count). The predicted octanol–water partition coefficient (Wildman–Crippen LogP) is 5.04. The third kappa shape index (κ3) is 3.44. The molecule has 0 fully saturated rings. The van der Waals surface area contributed by atoms with E-state index in [-0.39, 0.29) is 6.54 Å². The molecule has 0 unspecified atom stereocenters. The number of hydrogen-bond donors (Lipinski definition) is 0. The second-order valence-corrected chi connectivity index (χ2v) is 6.87. The molecule has 1 aromatic carbocycles. The molecule has 8 heteroatoms. The molecule has 0 saturated heterocycles. The number of aromatic nitrogens is 2. The highest BCUT2D eigenvalue weighted by Crippen LogP contribution is 2.34. The van der Waals surface area contributed by atoms with Gasteiger partial charge < -0.3 is 4.57 Å². The Balaban J connectivity index is 2.05. The summed E-state index contributed by atoms with van der Waals surface area (Å²) in [4.78, 5) is 3.67. The van der Waals surface area contributed by atoms with E-state index in [1.165, 1.54) is 0 Å². The van der Waals surface area contributed by atoms with Gasteiger partial charge in [-0.05, 0) is 31.5 Å². The second-order valence-electron chi connectivity index (χ2n) is 5.93. The van der Waals surface area contributed by atoms with Crippen molar-refractivity contribution in [2.24, 2.45) is 0 Å². The van der Waals surface area contributed by atoms with Gasteiger partial charge in [0.15, 0.2) is 5.69 Å². The van der Waals surface area contributed by atoms with E-state index in [0.29, 0.717) is 27.4 Å². The Morgan fingerprint density at radius 1 is 1.07 bits per heavy atom. The molecule has 0 spiro atoms. The maximum atomic E-state index is 12.8. The van der Waals surface area contributed by atoms with E-state index in [2.05, 4.69) is 11.1 Å². The van der Waals surface area contributed by atoms with Crippen LogP contribution in [0.1, 0.15) is 33.2 Å². The van der Waals surface area contributed by atoms with Crippen molar-refractivity contribution in [3.8, 4) is 23.3 Å². The van der Waals surface area contributed by atoms with Crippen LogP contribution in [0.15, 0.2) is 29.6 Å². The van der Waals surface area contributed by atoms with Gasteiger partial charge in [0.1, 0.15) is 11.1 Å². The van der Waals surface area contributed by atoms with Gasteiger partial charge in [-0.2, -0.15) is 23.7 Å². The number of benzene rings is 1. The summed E-state index contributed by atoms with van der Waals surface area (Å²) in [6, 6.07) is 11.1. The van der Waals surface area contributed by atoms with Gasteiger partial charge in [-0.1, -0.05) is 12.1 Å². The van der Waals surface area contributed by atoms with E-state index in [0.717, 1.165) is 28.0 Å². The van der Waals surface area contributed by atoms with Gasteiger partial charge in [-0.25, -0.2) is 4.98 Å². The van der Waals surface area contributed by atoms with Crippen molar-refractivity contribution in [2.75, 3.05) is 0 Å².